The molecule has 1 unspecified atom stereocenters. The van der Waals surface area contributed by atoms with Crippen molar-refractivity contribution >= 4 is 0 Å². The number of nitrogens with zero attached hydrogens (tertiary/aromatic N) is 1. The van der Waals surface area contributed by atoms with Crippen molar-refractivity contribution in [2.24, 2.45) is 11.1 Å². The van der Waals surface area contributed by atoms with E-state index in [0.717, 1.165) is 25.2 Å². The summed E-state index contributed by atoms with van der Waals surface area (Å²) in [5, 5.41) is 3.41. The van der Waals surface area contributed by atoms with Crippen LogP contribution in [-0.2, 0) is 6.42 Å². The number of nitrogens with one attached hydrogen (secondary N) is 1. The third-order valence-corrected chi connectivity index (χ3v) is 4.02. The highest BCUT2D eigenvalue weighted by molar-refractivity contribution is 5.32. The molecule has 80 valence electrons. The molecule has 1 aromatic heterocycles. The molecule has 0 amide bonds. The van der Waals surface area contributed by atoms with Crippen LogP contribution in [0.4, 0.5) is 0 Å². The lowest BCUT2D eigenvalue weighted by Gasteiger charge is -2.37. The highest BCUT2D eigenvalue weighted by atomic mass is 14.9. The molecule has 3 rings (SSSR count). The van der Waals surface area contributed by atoms with E-state index in [1.165, 1.54) is 18.4 Å². The number of hydrogen-bond donors (Lipinski definition) is 2. The zero-order chi connectivity index (χ0) is 10.3. The van der Waals surface area contributed by atoms with Gasteiger partial charge in [0.1, 0.15) is 0 Å². The van der Waals surface area contributed by atoms with Crippen molar-refractivity contribution in [3.05, 3.63) is 29.6 Å². The van der Waals surface area contributed by atoms with Gasteiger partial charge in [0.2, 0.25) is 0 Å². The first-order valence-corrected chi connectivity index (χ1v) is 5.72. The minimum absolute atomic E-state index is 0.149. The van der Waals surface area contributed by atoms with Crippen molar-refractivity contribution in [3.8, 4) is 0 Å². The summed E-state index contributed by atoms with van der Waals surface area (Å²) in [7, 11) is 0. The van der Waals surface area contributed by atoms with Crippen LogP contribution in [0.5, 0.6) is 0 Å². The summed E-state index contributed by atoms with van der Waals surface area (Å²) < 4.78 is 0. The number of rotatable bonds is 0. The zero-order valence-electron chi connectivity index (χ0n) is 8.87. The summed E-state index contributed by atoms with van der Waals surface area (Å²) in [6.45, 7) is 2.20. The fourth-order valence-electron chi connectivity index (χ4n) is 3.07. The van der Waals surface area contributed by atoms with Gasteiger partial charge in [0.05, 0.1) is 11.7 Å². The van der Waals surface area contributed by atoms with Crippen molar-refractivity contribution in [2.75, 3.05) is 13.1 Å². The summed E-state index contributed by atoms with van der Waals surface area (Å²) in [6.07, 6.45) is 5.35. The fourth-order valence-corrected chi connectivity index (χ4v) is 3.07. The third kappa shape index (κ3) is 1.30. The molecular weight excluding hydrogens is 186 g/mol. The first kappa shape index (κ1) is 9.31. The van der Waals surface area contributed by atoms with Crippen molar-refractivity contribution in [1.82, 2.24) is 10.3 Å². The molecule has 1 aliphatic carbocycles. The fraction of sp³-hybridized carbons (Fsp3) is 0.583. The van der Waals surface area contributed by atoms with Gasteiger partial charge in [-0.1, -0.05) is 6.07 Å². The largest absolute Gasteiger partial charge is 0.322 e. The molecule has 1 atom stereocenters. The van der Waals surface area contributed by atoms with Gasteiger partial charge in [-0.15, -0.1) is 0 Å². The second-order valence-electron chi connectivity index (χ2n) is 4.81. The Bertz CT molecular complexity index is 369. The minimum atomic E-state index is 0.149. The van der Waals surface area contributed by atoms with E-state index >= 15 is 0 Å². The molecule has 0 bridgehead atoms. The molecule has 0 aromatic carbocycles. The topological polar surface area (TPSA) is 50.9 Å². The summed E-state index contributed by atoms with van der Waals surface area (Å²) in [5.41, 5.74) is 9.17. The van der Waals surface area contributed by atoms with Crippen LogP contribution in [0.3, 0.4) is 0 Å². The van der Waals surface area contributed by atoms with Crippen molar-refractivity contribution in [2.45, 2.75) is 25.3 Å². The highest BCUT2D eigenvalue weighted by Gasteiger charge is 2.45. The molecular formula is C12H17N3. The molecule has 1 aliphatic heterocycles. The Balaban J connectivity index is 1.98. The molecule has 0 saturated carbocycles. The van der Waals surface area contributed by atoms with Gasteiger partial charge < -0.3 is 11.1 Å². The standard InChI is InChI=1S/C12H17N3/c13-11-10-9(2-1-5-15-10)8-12(11)3-6-14-7-4-12/h1-2,5,11,14H,3-4,6-8,13H2. The average molecular weight is 203 g/mol. The lowest BCUT2D eigenvalue weighted by molar-refractivity contribution is 0.172. The van der Waals surface area contributed by atoms with Gasteiger partial charge >= 0.3 is 0 Å². The van der Waals surface area contributed by atoms with Gasteiger partial charge in [-0.2, -0.15) is 0 Å². The molecule has 1 spiro atoms. The van der Waals surface area contributed by atoms with Crippen LogP contribution in [0.15, 0.2) is 18.3 Å². The van der Waals surface area contributed by atoms with E-state index in [4.69, 9.17) is 5.73 Å². The van der Waals surface area contributed by atoms with Crippen LogP contribution < -0.4 is 11.1 Å². The maximum absolute atomic E-state index is 6.37. The van der Waals surface area contributed by atoms with Crippen LogP contribution in [-0.4, -0.2) is 18.1 Å². The van der Waals surface area contributed by atoms with Gasteiger partial charge in [0.25, 0.3) is 0 Å². The number of nitrogens with two attached hydrogens (primary N) is 1. The van der Waals surface area contributed by atoms with E-state index in [-0.39, 0.29) is 6.04 Å². The smallest absolute Gasteiger partial charge is 0.0608 e. The number of pyridine rings is 1. The molecule has 0 radical (unpaired) electrons. The molecule has 3 nitrogen and oxygen atoms in total. The first-order valence-electron chi connectivity index (χ1n) is 5.72. The Morgan fingerprint density at radius 2 is 2.20 bits per heavy atom. The van der Waals surface area contributed by atoms with Crippen molar-refractivity contribution in [3.63, 3.8) is 0 Å². The van der Waals surface area contributed by atoms with Crippen LogP contribution in [0, 0.1) is 5.41 Å². The molecule has 2 heterocycles. The number of piperidine rings is 1. The van der Waals surface area contributed by atoms with E-state index in [2.05, 4.69) is 16.4 Å². The normalized spacial score (nSPS) is 27.9. The maximum atomic E-state index is 6.37. The monoisotopic (exact) mass is 203 g/mol. The van der Waals surface area contributed by atoms with E-state index in [9.17, 15) is 0 Å². The average Bonchev–Trinajstić information content (AvgIpc) is 2.54. The Labute approximate surface area is 90.1 Å². The quantitative estimate of drug-likeness (QED) is 0.661. The molecule has 3 heteroatoms. The van der Waals surface area contributed by atoms with Crippen molar-refractivity contribution < 1.29 is 0 Å². The minimum Gasteiger partial charge on any atom is -0.322 e. The van der Waals surface area contributed by atoms with Crippen LogP contribution in [0.1, 0.15) is 30.1 Å². The SMILES string of the molecule is NC1c2ncccc2CC12CCNCC2. The Morgan fingerprint density at radius 1 is 1.40 bits per heavy atom. The predicted octanol–water partition coefficient (Wildman–Crippen LogP) is 1.01. The van der Waals surface area contributed by atoms with Crippen LogP contribution >= 0.6 is 0 Å². The molecule has 1 saturated heterocycles. The Kier molecular flexibility index (Phi) is 2.04. The third-order valence-electron chi connectivity index (χ3n) is 4.02. The second kappa shape index (κ2) is 3.29. The van der Waals surface area contributed by atoms with E-state index < -0.39 is 0 Å². The number of aromatic nitrogens is 1. The molecule has 1 fully saturated rings. The van der Waals surface area contributed by atoms with Gasteiger partial charge in [0.15, 0.2) is 0 Å². The summed E-state index contributed by atoms with van der Waals surface area (Å²) in [5.74, 6) is 0. The second-order valence-corrected chi connectivity index (χ2v) is 4.81. The first-order chi connectivity index (χ1) is 7.32. The molecule has 15 heavy (non-hydrogen) atoms. The van der Waals surface area contributed by atoms with E-state index in [0.29, 0.717) is 5.41 Å². The van der Waals surface area contributed by atoms with Crippen LogP contribution in [0.25, 0.3) is 0 Å². The molecule has 1 aromatic rings. The zero-order valence-corrected chi connectivity index (χ0v) is 8.87. The lowest BCUT2D eigenvalue weighted by atomic mass is 9.74. The van der Waals surface area contributed by atoms with Gasteiger partial charge in [-0.25, -0.2) is 0 Å². The summed E-state index contributed by atoms with van der Waals surface area (Å²) >= 11 is 0. The van der Waals surface area contributed by atoms with E-state index in [1.807, 2.05) is 12.3 Å². The maximum Gasteiger partial charge on any atom is 0.0608 e. The van der Waals surface area contributed by atoms with Gasteiger partial charge in [-0.3, -0.25) is 4.98 Å². The number of fused-ring (bicyclic) bond motifs is 1. The lowest BCUT2D eigenvalue weighted by Crippen LogP contribution is -2.42. The molecule has 2 aliphatic rings. The van der Waals surface area contributed by atoms with Crippen molar-refractivity contribution in [1.29, 1.82) is 0 Å². The highest BCUT2D eigenvalue weighted by Crippen LogP contribution is 2.48. The summed E-state index contributed by atoms with van der Waals surface area (Å²) in [6, 6.07) is 4.35. The van der Waals surface area contributed by atoms with Gasteiger partial charge in [-0.05, 0) is 49.4 Å². The summed E-state index contributed by atoms with van der Waals surface area (Å²) in [4.78, 5) is 4.44. The predicted molar refractivity (Wildman–Crippen MR) is 59.4 cm³/mol. The van der Waals surface area contributed by atoms with Crippen LogP contribution in [0.2, 0.25) is 0 Å². The Morgan fingerprint density at radius 3 is 2.93 bits per heavy atom. The number of hydrogen-bond acceptors (Lipinski definition) is 3. The van der Waals surface area contributed by atoms with Gasteiger partial charge in [0, 0.05) is 6.20 Å². The molecule has 3 N–H and O–H groups in total. The Hall–Kier alpha value is -0.930. The van der Waals surface area contributed by atoms with E-state index in [1.54, 1.807) is 0 Å².